The third-order valence-electron chi connectivity index (χ3n) is 7.07. The van der Waals surface area contributed by atoms with E-state index in [1.165, 1.54) is 28.2 Å². The Kier molecular flexibility index (Phi) is 6.66. The first-order valence-corrected chi connectivity index (χ1v) is 14.5. The van der Waals surface area contributed by atoms with Crippen molar-refractivity contribution in [3.8, 4) is 0 Å². The molecule has 6 rings (SSSR count). The standard InChI is InChI=1S/C31H27N3O3S2/c1-4-37-30(36)27-19(2)32-31-34(28(27)25-15-10-16-38-25)29(35)26(39-31)17-23-20(3)33(18-21-11-6-5-7-12-21)24-14-9-8-13-22(23)24/h5-17,28H,4,18H2,1-3H3/b26-17+/t28-/m1/s1. The van der Waals surface area contributed by atoms with Gasteiger partial charge in [-0.3, -0.25) is 9.36 Å². The van der Waals surface area contributed by atoms with Gasteiger partial charge in [0.15, 0.2) is 4.80 Å². The van der Waals surface area contributed by atoms with Crippen molar-refractivity contribution in [2.45, 2.75) is 33.4 Å². The van der Waals surface area contributed by atoms with E-state index in [4.69, 9.17) is 9.73 Å². The van der Waals surface area contributed by atoms with Crippen LogP contribution in [0.15, 0.2) is 93.2 Å². The Morgan fingerprint density at radius 1 is 1.05 bits per heavy atom. The molecule has 8 heteroatoms. The molecule has 0 N–H and O–H groups in total. The summed E-state index contributed by atoms with van der Waals surface area (Å²) in [5.74, 6) is -0.439. The Morgan fingerprint density at radius 2 is 1.82 bits per heavy atom. The number of carbonyl (C=O) groups excluding carboxylic acids is 1. The van der Waals surface area contributed by atoms with Gasteiger partial charge in [0.05, 0.1) is 22.4 Å². The fraction of sp³-hybridized carbons (Fsp3) is 0.194. The van der Waals surface area contributed by atoms with Gasteiger partial charge >= 0.3 is 5.97 Å². The Hall–Kier alpha value is -4.01. The van der Waals surface area contributed by atoms with Crippen molar-refractivity contribution < 1.29 is 9.53 Å². The fourth-order valence-corrected chi connectivity index (χ4v) is 7.10. The van der Waals surface area contributed by atoms with Crippen LogP contribution in [-0.2, 0) is 16.1 Å². The number of nitrogens with zero attached hydrogens (tertiary/aromatic N) is 3. The second-order valence-corrected chi connectivity index (χ2v) is 11.4. The third kappa shape index (κ3) is 4.39. The van der Waals surface area contributed by atoms with Crippen molar-refractivity contribution in [1.29, 1.82) is 0 Å². The monoisotopic (exact) mass is 553 g/mol. The molecule has 0 amide bonds. The Labute approximate surface area is 233 Å². The minimum absolute atomic E-state index is 0.161. The van der Waals surface area contributed by atoms with Crippen LogP contribution >= 0.6 is 22.7 Å². The molecule has 0 aliphatic carbocycles. The maximum Gasteiger partial charge on any atom is 0.338 e. The topological polar surface area (TPSA) is 65.6 Å². The molecule has 0 fully saturated rings. The molecule has 196 valence electrons. The number of allylic oxidation sites excluding steroid dienone is 1. The van der Waals surface area contributed by atoms with Crippen molar-refractivity contribution in [2.75, 3.05) is 6.61 Å². The summed E-state index contributed by atoms with van der Waals surface area (Å²) in [5.41, 5.74) is 5.26. The lowest BCUT2D eigenvalue weighted by Gasteiger charge is -2.23. The number of rotatable bonds is 6. The van der Waals surface area contributed by atoms with Crippen molar-refractivity contribution in [3.05, 3.63) is 125 Å². The molecule has 1 atom stereocenters. The minimum atomic E-state index is -0.567. The van der Waals surface area contributed by atoms with Gasteiger partial charge in [0.2, 0.25) is 0 Å². The van der Waals surface area contributed by atoms with Crippen molar-refractivity contribution >= 4 is 45.6 Å². The number of para-hydroxylation sites is 1. The summed E-state index contributed by atoms with van der Waals surface area (Å²) in [4.78, 5) is 33.2. The molecule has 39 heavy (non-hydrogen) atoms. The number of aromatic nitrogens is 2. The van der Waals surface area contributed by atoms with Crippen molar-refractivity contribution in [3.63, 3.8) is 0 Å². The van der Waals surface area contributed by atoms with Gasteiger partial charge < -0.3 is 9.30 Å². The molecular formula is C31H27N3O3S2. The summed E-state index contributed by atoms with van der Waals surface area (Å²) in [5, 5.41) is 3.05. The zero-order chi connectivity index (χ0) is 27.1. The Balaban J connectivity index is 1.54. The summed E-state index contributed by atoms with van der Waals surface area (Å²) in [7, 11) is 0. The number of fused-ring (bicyclic) bond motifs is 2. The zero-order valence-corrected chi connectivity index (χ0v) is 23.5. The summed E-state index contributed by atoms with van der Waals surface area (Å²) >= 11 is 2.87. The molecule has 0 unspecified atom stereocenters. The smallest absolute Gasteiger partial charge is 0.338 e. The quantitative estimate of drug-likeness (QED) is 0.273. The van der Waals surface area contributed by atoms with Crippen LogP contribution in [0.25, 0.3) is 17.0 Å². The summed E-state index contributed by atoms with van der Waals surface area (Å²) in [6, 6.07) is 22.0. The molecule has 2 aromatic carbocycles. The van der Waals surface area contributed by atoms with E-state index in [9.17, 15) is 9.59 Å². The van der Waals surface area contributed by atoms with Crippen LogP contribution in [0.3, 0.4) is 0 Å². The van der Waals surface area contributed by atoms with E-state index in [-0.39, 0.29) is 12.2 Å². The van der Waals surface area contributed by atoms with Crippen LogP contribution in [-0.4, -0.2) is 21.7 Å². The van der Waals surface area contributed by atoms with Gasteiger partial charge in [0.1, 0.15) is 6.04 Å². The van der Waals surface area contributed by atoms with E-state index >= 15 is 0 Å². The largest absolute Gasteiger partial charge is 0.463 e. The number of thiophene rings is 1. The zero-order valence-electron chi connectivity index (χ0n) is 21.9. The number of esters is 1. The lowest BCUT2D eigenvalue weighted by atomic mass is 10.0. The van der Waals surface area contributed by atoms with Crippen LogP contribution in [0.1, 0.15) is 41.6 Å². The molecule has 1 aliphatic rings. The highest BCUT2D eigenvalue weighted by atomic mass is 32.1. The second-order valence-electron chi connectivity index (χ2n) is 9.41. The van der Waals surface area contributed by atoms with E-state index < -0.39 is 12.0 Å². The molecule has 3 aromatic heterocycles. The first kappa shape index (κ1) is 25.3. The predicted molar refractivity (Wildman–Crippen MR) is 157 cm³/mol. The second kappa shape index (κ2) is 10.3. The predicted octanol–water partition coefficient (Wildman–Crippen LogP) is 5.17. The van der Waals surface area contributed by atoms with Crippen molar-refractivity contribution in [1.82, 2.24) is 9.13 Å². The Bertz CT molecular complexity index is 1910. The first-order valence-electron chi connectivity index (χ1n) is 12.8. The normalized spacial score (nSPS) is 15.5. The number of benzene rings is 2. The van der Waals surface area contributed by atoms with E-state index in [0.717, 1.165) is 33.6 Å². The highest BCUT2D eigenvalue weighted by Gasteiger charge is 2.34. The van der Waals surface area contributed by atoms with Gasteiger partial charge in [-0.15, -0.1) is 11.3 Å². The molecule has 6 nitrogen and oxygen atoms in total. The number of ether oxygens (including phenoxy) is 1. The lowest BCUT2D eigenvalue weighted by molar-refractivity contribution is -0.139. The van der Waals surface area contributed by atoms with E-state index in [0.29, 0.717) is 20.6 Å². The van der Waals surface area contributed by atoms with Gasteiger partial charge in [-0.05, 0) is 49.9 Å². The molecular weight excluding hydrogens is 526 g/mol. The maximum atomic E-state index is 14.0. The van der Waals surface area contributed by atoms with Crippen molar-refractivity contribution in [2.24, 2.45) is 4.99 Å². The van der Waals surface area contributed by atoms with Gasteiger partial charge in [-0.1, -0.05) is 65.9 Å². The van der Waals surface area contributed by atoms with Crippen LogP contribution in [0.5, 0.6) is 0 Å². The fourth-order valence-electron chi connectivity index (χ4n) is 5.25. The third-order valence-corrected chi connectivity index (χ3v) is 8.98. The van der Waals surface area contributed by atoms with Gasteiger partial charge in [-0.25, -0.2) is 9.79 Å². The van der Waals surface area contributed by atoms with Crippen LogP contribution in [0.4, 0.5) is 0 Å². The van der Waals surface area contributed by atoms with Crippen LogP contribution in [0, 0.1) is 6.92 Å². The molecule has 0 saturated heterocycles. The average Bonchev–Trinajstić information content (AvgIpc) is 3.64. The molecule has 5 aromatic rings. The molecule has 0 saturated carbocycles. The number of hydrogen-bond acceptors (Lipinski definition) is 6. The summed E-state index contributed by atoms with van der Waals surface area (Å²) < 4.78 is 9.91. The van der Waals surface area contributed by atoms with Gasteiger partial charge in [0, 0.05) is 33.6 Å². The van der Waals surface area contributed by atoms with E-state index in [2.05, 4.69) is 47.9 Å². The maximum absolute atomic E-state index is 14.0. The molecule has 0 bridgehead atoms. The summed E-state index contributed by atoms with van der Waals surface area (Å²) in [6.45, 7) is 6.68. The van der Waals surface area contributed by atoms with Crippen LogP contribution in [0.2, 0.25) is 0 Å². The van der Waals surface area contributed by atoms with Gasteiger partial charge in [0.25, 0.3) is 5.56 Å². The Morgan fingerprint density at radius 3 is 2.56 bits per heavy atom. The first-order chi connectivity index (χ1) is 19.0. The molecule has 4 heterocycles. The number of hydrogen-bond donors (Lipinski definition) is 0. The van der Waals surface area contributed by atoms with E-state index in [1.54, 1.807) is 11.5 Å². The summed E-state index contributed by atoms with van der Waals surface area (Å²) in [6.07, 6.45) is 1.98. The SMILES string of the molecule is CCOC(=O)C1=C(C)N=c2s/c(=C/c3c(C)n(Cc4ccccc4)c4ccccc34)c(=O)n2[C@@H]1c1cccs1. The molecule has 0 radical (unpaired) electrons. The molecule has 0 spiro atoms. The van der Waals surface area contributed by atoms with Crippen LogP contribution < -0.4 is 14.9 Å². The number of carbonyl (C=O) groups is 1. The highest BCUT2D eigenvalue weighted by molar-refractivity contribution is 7.10. The van der Waals surface area contributed by atoms with E-state index in [1.807, 2.05) is 48.7 Å². The minimum Gasteiger partial charge on any atom is -0.463 e. The highest BCUT2D eigenvalue weighted by Crippen LogP contribution is 2.33. The average molecular weight is 554 g/mol. The lowest BCUT2D eigenvalue weighted by Crippen LogP contribution is -2.39. The molecule has 1 aliphatic heterocycles. The number of thiazole rings is 1. The van der Waals surface area contributed by atoms with Gasteiger partial charge in [-0.2, -0.15) is 0 Å².